The maximum absolute atomic E-state index is 12.0. The molecule has 1 fully saturated rings. The molecule has 1 aromatic rings. The van der Waals surface area contributed by atoms with Crippen LogP contribution in [0.4, 0.5) is 5.69 Å². The number of amides is 1. The van der Waals surface area contributed by atoms with Gasteiger partial charge in [-0.25, -0.2) is 0 Å². The summed E-state index contributed by atoms with van der Waals surface area (Å²) in [5.74, 6) is 0.615. The first-order valence-electron chi connectivity index (χ1n) is 6.72. The number of nitrogens with one attached hydrogen (secondary N) is 1. The highest BCUT2D eigenvalue weighted by molar-refractivity contribution is 5.93. The summed E-state index contributed by atoms with van der Waals surface area (Å²) in [5.41, 5.74) is 0.688. The van der Waals surface area contributed by atoms with Gasteiger partial charge in [0.15, 0.2) is 0 Å². The zero-order valence-electron chi connectivity index (χ0n) is 11.5. The molecule has 1 N–H and O–H groups in total. The Labute approximate surface area is 119 Å². The molecule has 0 spiro atoms. The molecule has 5 nitrogen and oxygen atoms in total. The fraction of sp³-hybridized carbons (Fsp3) is 0.400. The second-order valence-corrected chi connectivity index (χ2v) is 4.53. The predicted octanol–water partition coefficient (Wildman–Crippen LogP) is 1.52. The lowest BCUT2D eigenvalue weighted by Crippen LogP contribution is -2.41. The SMILES string of the molecule is C=CCOc1ccccc1NC(=O)CN1CCOCC1. The molecular formula is C15H20N2O3. The maximum Gasteiger partial charge on any atom is 0.238 e. The maximum atomic E-state index is 12.0. The number of benzene rings is 1. The normalized spacial score (nSPS) is 15.6. The van der Waals surface area contributed by atoms with Crippen LogP contribution in [0.25, 0.3) is 0 Å². The Hall–Kier alpha value is -1.85. The first-order chi connectivity index (χ1) is 9.79. The molecule has 0 radical (unpaired) electrons. The van der Waals surface area contributed by atoms with E-state index in [1.807, 2.05) is 24.3 Å². The molecule has 1 heterocycles. The van der Waals surface area contributed by atoms with Gasteiger partial charge in [-0.15, -0.1) is 0 Å². The molecule has 0 bridgehead atoms. The third-order valence-corrected chi connectivity index (χ3v) is 2.99. The fourth-order valence-electron chi connectivity index (χ4n) is 2.00. The van der Waals surface area contributed by atoms with Crippen LogP contribution in [0.3, 0.4) is 0 Å². The zero-order valence-corrected chi connectivity index (χ0v) is 11.5. The van der Waals surface area contributed by atoms with Crippen LogP contribution in [0.2, 0.25) is 0 Å². The average Bonchev–Trinajstić information content (AvgIpc) is 2.47. The van der Waals surface area contributed by atoms with E-state index in [9.17, 15) is 4.79 Å². The Bertz CT molecular complexity index is 456. The molecular weight excluding hydrogens is 256 g/mol. The van der Waals surface area contributed by atoms with Gasteiger partial charge < -0.3 is 14.8 Å². The third kappa shape index (κ3) is 4.36. The van der Waals surface area contributed by atoms with Crippen molar-refractivity contribution in [3.63, 3.8) is 0 Å². The van der Waals surface area contributed by atoms with E-state index in [0.29, 0.717) is 37.8 Å². The number of ether oxygens (including phenoxy) is 2. The minimum Gasteiger partial charge on any atom is -0.487 e. The summed E-state index contributed by atoms with van der Waals surface area (Å²) in [4.78, 5) is 14.1. The number of hydrogen-bond acceptors (Lipinski definition) is 4. The van der Waals surface area contributed by atoms with Crippen LogP contribution in [-0.4, -0.2) is 50.3 Å². The topological polar surface area (TPSA) is 50.8 Å². The number of carbonyl (C=O) groups excluding carboxylic acids is 1. The molecule has 0 atom stereocenters. The van der Waals surface area contributed by atoms with Gasteiger partial charge >= 0.3 is 0 Å². The van der Waals surface area contributed by atoms with Gasteiger partial charge in [-0.05, 0) is 12.1 Å². The fourth-order valence-corrected chi connectivity index (χ4v) is 2.00. The molecule has 2 rings (SSSR count). The van der Waals surface area contributed by atoms with Gasteiger partial charge in [0.05, 0.1) is 25.4 Å². The average molecular weight is 276 g/mol. The van der Waals surface area contributed by atoms with Gasteiger partial charge in [0.1, 0.15) is 12.4 Å². The van der Waals surface area contributed by atoms with Gasteiger partial charge in [-0.3, -0.25) is 9.69 Å². The van der Waals surface area contributed by atoms with Gasteiger partial charge in [0, 0.05) is 13.1 Å². The van der Waals surface area contributed by atoms with E-state index < -0.39 is 0 Å². The van der Waals surface area contributed by atoms with E-state index in [-0.39, 0.29) is 5.91 Å². The van der Waals surface area contributed by atoms with E-state index >= 15 is 0 Å². The van der Waals surface area contributed by atoms with Crippen LogP contribution >= 0.6 is 0 Å². The lowest BCUT2D eigenvalue weighted by molar-refractivity contribution is -0.118. The van der Waals surface area contributed by atoms with E-state index in [4.69, 9.17) is 9.47 Å². The first kappa shape index (κ1) is 14.6. The van der Waals surface area contributed by atoms with Crippen LogP contribution < -0.4 is 10.1 Å². The molecule has 5 heteroatoms. The number of nitrogens with zero attached hydrogens (tertiary/aromatic N) is 1. The highest BCUT2D eigenvalue weighted by Gasteiger charge is 2.15. The summed E-state index contributed by atoms with van der Waals surface area (Å²) in [6, 6.07) is 7.39. The Morgan fingerprint density at radius 2 is 2.15 bits per heavy atom. The Morgan fingerprint density at radius 3 is 2.90 bits per heavy atom. The van der Waals surface area contributed by atoms with Gasteiger partial charge in [-0.1, -0.05) is 24.8 Å². The smallest absolute Gasteiger partial charge is 0.238 e. The highest BCUT2D eigenvalue weighted by Crippen LogP contribution is 2.23. The number of carbonyl (C=O) groups is 1. The first-order valence-corrected chi connectivity index (χ1v) is 6.72. The molecule has 0 aliphatic carbocycles. The minimum absolute atomic E-state index is 0.0402. The van der Waals surface area contributed by atoms with Gasteiger partial charge in [0.25, 0.3) is 0 Å². The Kier molecular flexibility index (Phi) is 5.58. The van der Waals surface area contributed by atoms with Gasteiger partial charge in [0.2, 0.25) is 5.91 Å². The van der Waals surface area contributed by atoms with Crippen LogP contribution in [-0.2, 0) is 9.53 Å². The molecule has 0 unspecified atom stereocenters. The third-order valence-electron chi connectivity index (χ3n) is 2.99. The Balaban J connectivity index is 1.91. The zero-order chi connectivity index (χ0) is 14.2. The Morgan fingerprint density at radius 1 is 1.40 bits per heavy atom. The summed E-state index contributed by atoms with van der Waals surface area (Å²) in [5, 5.41) is 2.89. The van der Waals surface area contributed by atoms with Crippen molar-refractivity contribution in [1.29, 1.82) is 0 Å². The summed E-state index contributed by atoms with van der Waals surface area (Å²) in [6.45, 7) is 7.36. The minimum atomic E-state index is -0.0402. The van der Waals surface area contributed by atoms with Crippen LogP contribution in [0.5, 0.6) is 5.75 Å². The molecule has 1 aliphatic rings. The van der Waals surface area contributed by atoms with Crippen molar-refractivity contribution in [2.24, 2.45) is 0 Å². The van der Waals surface area contributed by atoms with Crippen molar-refractivity contribution in [2.45, 2.75) is 0 Å². The second kappa shape index (κ2) is 7.67. The van der Waals surface area contributed by atoms with E-state index in [1.54, 1.807) is 6.08 Å². The number of hydrogen-bond donors (Lipinski definition) is 1. The van der Waals surface area contributed by atoms with Crippen molar-refractivity contribution >= 4 is 11.6 Å². The van der Waals surface area contributed by atoms with Gasteiger partial charge in [-0.2, -0.15) is 0 Å². The van der Waals surface area contributed by atoms with Crippen molar-refractivity contribution < 1.29 is 14.3 Å². The lowest BCUT2D eigenvalue weighted by Gasteiger charge is -2.25. The second-order valence-electron chi connectivity index (χ2n) is 4.53. The summed E-state index contributed by atoms with van der Waals surface area (Å²) < 4.78 is 10.8. The van der Waals surface area contributed by atoms with Crippen molar-refractivity contribution in [2.75, 3.05) is 44.8 Å². The largest absolute Gasteiger partial charge is 0.487 e. The predicted molar refractivity (Wildman–Crippen MR) is 78.0 cm³/mol. The lowest BCUT2D eigenvalue weighted by atomic mass is 10.3. The van der Waals surface area contributed by atoms with Crippen LogP contribution in [0.1, 0.15) is 0 Å². The highest BCUT2D eigenvalue weighted by atomic mass is 16.5. The van der Waals surface area contributed by atoms with E-state index in [2.05, 4.69) is 16.8 Å². The summed E-state index contributed by atoms with van der Waals surface area (Å²) >= 11 is 0. The molecule has 0 aromatic heterocycles. The number of rotatable bonds is 6. The molecule has 20 heavy (non-hydrogen) atoms. The molecule has 108 valence electrons. The van der Waals surface area contributed by atoms with E-state index in [0.717, 1.165) is 13.1 Å². The quantitative estimate of drug-likeness (QED) is 0.800. The van der Waals surface area contributed by atoms with Crippen LogP contribution in [0, 0.1) is 0 Å². The number of anilines is 1. The molecule has 0 saturated carbocycles. The number of para-hydroxylation sites is 2. The molecule has 1 saturated heterocycles. The molecule has 1 amide bonds. The molecule has 1 aromatic carbocycles. The summed E-state index contributed by atoms with van der Waals surface area (Å²) in [6.07, 6.45) is 1.67. The van der Waals surface area contributed by atoms with E-state index in [1.165, 1.54) is 0 Å². The van der Waals surface area contributed by atoms with Crippen molar-refractivity contribution in [1.82, 2.24) is 4.90 Å². The summed E-state index contributed by atoms with van der Waals surface area (Å²) in [7, 11) is 0. The van der Waals surface area contributed by atoms with Crippen molar-refractivity contribution in [3.8, 4) is 5.75 Å². The monoisotopic (exact) mass is 276 g/mol. The standard InChI is InChI=1S/C15H20N2O3/c1-2-9-20-14-6-4-3-5-13(14)16-15(18)12-17-7-10-19-11-8-17/h2-6H,1,7-12H2,(H,16,18). The number of morpholine rings is 1. The molecule has 1 aliphatic heterocycles. The van der Waals surface area contributed by atoms with Crippen molar-refractivity contribution in [3.05, 3.63) is 36.9 Å². The van der Waals surface area contributed by atoms with Crippen LogP contribution in [0.15, 0.2) is 36.9 Å².